The van der Waals surface area contributed by atoms with Crippen molar-refractivity contribution in [3.05, 3.63) is 75.3 Å². The fourth-order valence-electron chi connectivity index (χ4n) is 3.21. The van der Waals surface area contributed by atoms with Gasteiger partial charge in [0.05, 0.1) is 20.8 Å². The van der Waals surface area contributed by atoms with Crippen LogP contribution in [0, 0.1) is 0 Å². The number of thiazole rings is 2. The lowest BCUT2D eigenvalue weighted by Gasteiger charge is -2.07. The number of hydrogen-bond acceptors (Lipinski definition) is 14. The number of sulfone groups is 2. The van der Waals surface area contributed by atoms with Gasteiger partial charge >= 0.3 is 0 Å². The summed E-state index contributed by atoms with van der Waals surface area (Å²) < 4.78 is 45.0. The second-order valence-corrected chi connectivity index (χ2v) is 15.1. The molecular weight excluding hydrogens is 699 g/mol. The standard InChI is InChI=1S/C12H9ClN4O2S2.C7H9NO2S.C5HCl2N3S/c1-21(18,19)8-4-2-3-7(5-8)15-10-9-11(20-6-14-9)17-12(13)16-10;1-11(9,10)7-4-2-3-6(8)5-7;6-3-2-4(11-1-8-2)10-5(7)9-3/h2-6H,1H3,(H,15,16,17);2-5H,8H2,1H3;1H. The predicted molar refractivity (Wildman–Crippen MR) is 172 cm³/mol. The van der Waals surface area contributed by atoms with Crippen LogP contribution in [0.1, 0.15) is 0 Å². The highest BCUT2D eigenvalue weighted by molar-refractivity contribution is 7.91. The molecule has 0 spiro atoms. The number of nitrogens with two attached hydrogens (primary N) is 1. The summed E-state index contributed by atoms with van der Waals surface area (Å²) in [4.78, 5) is 25.8. The third kappa shape index (κ3) is 8.88. The van der Waals surface area contributed by atoms with E-state index in [2.05, 4.69) is 35.2 Å². The lowest BCUT2D eigenvalue weighted by atomic mass is 10.3. The summed E-state index contributed by atoms with van der Waals surface area (Å²) in [6, 6.07) is 12.7. The van der Waals surface area contributed by atoms with Crippen molar-refractivity contribution in [2.75, 3.05) is 23.6 Å². The Kier molecular flexibility index (Phi) is 10.3. The van der Waals surface area contributed by atoms with Gasteiger partial charge in [-0.05, 0) is 59.6 Å². The molecule has 0 aliphatic rings. The molecule has 12 nitrogen and oxygen atoms in total. The summed E-state index contributed by atoms with van der Waals surface area (Å²) in [7, 11) is -6.38. The number of nitrogen functional groups attached to an aromatic ring is 1. The first-order chi connectivity index (χ1) is 20.2. The zero-order valence-electron chi connectivity index (χ0n) is 21.9. The number of anilines is 3. The van der Waals surface area contributed by atoms with Crippen molar-refractivity contribution in [2.24, 2.45) is 0 Å². The molecule has 224 valence electrons. The molecule has 19 heteroatoms. The summed E-state index contributed by atoms with van der Waals surface area (Å²) in [5.41, 5.74) is 10.9. The van der Waals surface area contributed by atoms with Crippen LogP contribution in [0.2, 0.25) is 15.7 Å². The Morgan fingerprint density at radius 1 is 0.721 bits per heavy atom. The molecule has 0 saturated heterocycles. The third-order valence-corrected chi connectivity index (χ3v) is 9.37. The molecule has 0 unspecified atom stereocenters. The van der Waals surface area contributed by atoms with Gasteiger partial charge in [-0.1, -0.05) is 23.7 Å². The van der Waals surface area contributed by atoms with Gasteiger partial charge in [0.15, 0.2) is 35.5 Å². The molecule has 4 aromatic heterocycles. The topological polar surface area (TPSA) is 184 Å². The largest absolute Gasteiger partial charge is 0.399 e. The minimum atomic E-state index is -3.27. The molecule has 4 heterocycles. The smallest absolute Gasteiger partial charge is 0.225 e. The minimum absolute atomic E-state index is 0.105. The van der Waals surface area contributed by atoms with Crippen LogP contribution in [0.4, 0.5) is 17.2 Å². The van der Waals surface area contributed by atoms with Crippen molar-refractivity contribution in [1.29, 1.82) is 0 Å². The van der Waals surface area contributed by atoms with E-state index in [9.17, 15) is 16.8 Å². The summed E-state index contributed by atoms with van der Waals surface area (Å²) in [6.45, 7) is 0. The molecule has 0 atom stereocenters. The van der Waals surface area contributed by atoms with E-state index < -0.39 is 19.7 Å². The van der Waals surface area contributed by atoms with Crippen LogP contribution in [-0.2, 0) is 19.7 Å². The van der Waals surface area contributed by atoms with E-state index in [0.29, 0.717) is 38.2 Å². The first-order valence-corrected chi connectivity index (χ1v) is 18.2. The van der Waals surface area contributed by atoms with Crippen molar-refractivity contribution in [1.82, 2.24) is 29.9 Å². The molecule has 0 amide bonds. The van der Waals surface area contributed by atoms with Crippen molar-refractivity contribution in [3.8, 4) is 0 Å². The SMILES string of the molecule is CS(=O)(=O)c1cccc(N)c1.CS(=O)(=O)c1cccc(Nc2nc(Cl)nc3scnc23)c1.Clc1nc(Cl)c2ncsc2n1. The lowest BCUT2D eigenvalue weighted by molar-refractivity contribution is 0.600. The Hall–Kier alpha value is -3.25. The average molecular weight is 718 g/mol. The van der Waals surface area contributed by atoms with Crippen LogP contribution in [-0.4, -0.2) is 59.3 Å². The number of hydrogen-bond donors (Lipinski definition) is 2. The lowest BCUT2D eigenvalue weighted by Crippen LogP contribution is -2.00. The van der Waals surface area contributed by atoms with Crippen LogP contribution in [0.15, 0.2) is 69.3 Å². The van der Waals surface area contributed by atoms with E-state index in [1.165, 1.54) is 46.9 Å². The zero-order chi connectivity index (χ0) is 31.4. The minimum Gasteiger partial charge on any atom is -0.399 e. The Labute approximate surface area is 268 Å². The van der Waals surface area contributed by atoms with Crippen LogP contribution >= 0.6 is 57.5 Å². The molecule has 3 N–H and O–H groups in total. The molecule has 43 heavy (non-hydrogen) atoms. The predicted octanol–water partition coefficient (Wildman–Crippen LogP) is 5.95. The van der Waals surface area contributed by atoms with E-state index in [-0.39, 0.29) is 20.4 Å². The van der Waals surface area contributed by atoms with Gasteiger partial charge in [0.2, 0.25) is 10.6 Å². The number of benzene rings is 2. The zero-order valence-corrected chi connectivity index (χ0v) is 27.5. The number of halogens is 3. The first kappa shape index (κ1) is 32.7. The maximum atomic E-state index is 11.6. The average Bonchev–Trinajstić information content (AvgIpc) is 3.59. The van der Waals surface area contributed by atoms with Crippen molar-refractivity contribution < 1.29 is 16.8 Å². The maximum Gasteiger partial charge on any atom is 0.225 e. The monoisotopic (exact) mass is 716 g/mol. The molecule has 0 fully saturated rings. The quantitative estimate of drug-likeness (QED) is 0.124. The Bertz CT molecular complexity index is 2140. The Morgan fingerprint density at radius 2 is 1.26 bits per heavy atom. The normalized spacial score (nSPS) is 11.4. The molecular formula is C24H19Cl3N8O4S4. The highest BCUT2D eigenvalue weighted by atomic mass is 35.5. The van der Waals surface area contributed by atoms with Gasteiger partial charge in [0.25, 0.3) is 0 Å². The summed E-state index contributed by atoms with van der Waals surface area (Å²) in [5, 5.41) is 3.60. The fourth-order valence-corrected chi connectivity index (χ4v) is 6.63. The summed E-state index contributed by atoms with van der Waals surface area (Å²) >= 11 is 19.9. The van der Waals surface area contributed by atoms with Gasteiger partial charge in [0.1, 0.15) is 15.9 Å². The molecule has 0 bridgehead atoms. The van der Waals surface area contributed by atoms with E-state index >= 15 is 0 Å². The number of nitrogens with zero attached hydrogens (tertiary/aromatic N) is 6. The highest BCUT2D eigenvalue weighted by Gasteiger charge is 2.12. The van der Waals surface area contributed by atoms with Gasteiger partial charge < -0.3 is 11.1 Å². The van der Waals surface area contributed by atoms with Gasteiger partial charge in [-0.15, -0.1) is 22.7 Å². The van der Waals surface area contributed by atoms with Crippen LogP contribution in [0.3, 0.4) is 0 Å². The van der Waals surface area contributed by atoms with Crippen LogP contribution in [0.25, 0.3) is 20.7 Å². The fraction of sp³-hybridized carbons (Fsp3) is 0.0833. The molecule has 6 rings (SSSR count). The summed E-state index contributed by atoms with van der Waals surface area (Å²) in [5.74, 6) is 0.442. The van der Waals surface area contributed by atoms with E-state index in [1.54, 1.807) is 35.3 Å². The van der Waals surface area contributed by atoms with Gasteiger partial charge in [-0.2, -0.15) is 4.98 Å². The maximum absolute atomic E-state index is 11.6. The van der Waals surface area contributed by atoms with Gasteiger partial charge in [-0.25, -0.2) is 41.8 Å². The van der Waals surface area contributed by atoms with E-state index in [1.807, 2.05) is 0 Å². The van der Waals surface area contributed by atoms with Gasteiger partial charge in [0, 0.05) is 23.9 Å². The van der Waals surface area contributed by atoms with Crippen molar-refractivity contribution in [2.45, 2.75) is 9.79 Å². The van der Waals surface area contributed by atoms with E-state index in [4.69, 9.17) is 40.5 Å². The van der Waals surface area contributed by atoms with Crippen molar-refractivity contribution >= 4 is 115 Å². The third-order valence-electron chi connectivity index (χ3n) is 5.11. The number of nitrogens with one attached hydrogen (secondary N) is 1. The van der Waals surface area contributed by atoms with E-state index in [0.717, 1.165) is 17.3 Å². The number of rotatable bonds is 4. The molecule has 0 radical (unpaired) electrons. The molecule has 0 aliphatic carbocycles. The molecule has 2 aromatic carbocycles. The Balaban J connectivity index is 0.000000162. The van der Waals surface area contributed by atoms with Crippen LogP contribution < -0.4 is 11.1 Å². The number of fused-ring (bicyclic) bond motifs is 2. The molecule has 6 aromatic rings. The van der Waals surface area contributed by atoms with Crippen molar-refractivity contribution in [3.63, 3.8) is 0 Å². The van der Waals surface area contributed by atoms with Gasteiger partial charge in [-0.3, -0.25) is 0 Å². The van der Waals surface area contributed by atoms with Crippen LogP contribution in [0.5, 0.6) is 0 Å². The Morgan fingerprint density at radius 3 is 1.84 bits per heavy atom. The first-order valence-electron chi connectivity index (χ1n) is 11.5. The molecule has 0 aliphatic heterocycles. The number of aromatic nitrogens is 6. The second kappa shape index (κ2) is 13.6. The molecule has 0 saturated carbocycles. The highest BCUT2D eigenvalue weighted by Crippen LogP contribution is 2.27. The summed E-state index contributed by atoms with van der Waals surface area (Å²) in [6.07, 6.45) is 2.31. The second-order valence-electron chi connectivity index (χ2n) is 8.41.